The lowest BCUT2D eigenvalue weighted by molar-refractivity contribution is 0.417. The monoisotopic (exact) mass is 244 g/mol. The molecule has 2 aromatic rings. The van der Waals surface area contributed by atoms with Crippen LogP contribution in [-0.4, -0.2) is 22.5 Å². The molecule has 5 nitrogen and oxygen atoms in total. The summed E-state index contributed by atoms with van der Waals surface area (Å²) in [5.41, 5.74) is 0. The zero-order valence-electron chi connectivity index (χ0n) is 9.08. The van der Waals surface area contributed by atoms with Crippen LogP contribution in [0.25, 0.3) is 0 Å². The molecule has 0 amide bonds. The molecule has 94 valence electrons. The molecular formula is C9H15BF2N4O. The summed E-state index contributed by atoms with van der Waals surface area (Å²) in [6.07, 6.45) is 7.25. The van der Waals surface area contributed by atoms with Gasteiger partial charge in [-0.2, -0.15) is 0 Å². The average Bonchev–Trinajstić information content (AvgIpc) is 2.92. The fourth-order valence-electron chi connectivity index (χ4n) is 0.590. The van der Waals surface area contributed by atoms with Gasteiger partial charge in [0.15, 0.2) is 0 Å². The SMILES string of the molecule is NN.OB(F)F.c1cc[nH]c1.c1ccncc1. The standard InChI is InChI=1S/C5H5N.C4H5N.BF2HO.H4N2/c1-2-4-6-5-3-1;1-2-4-5-3-1;2-1(3)4;1-2/h1-5H;1-5H;4H;1-2H2. The number of nitrogens with zero attached hydrogens (tertiary/aromatic N) is 1. The van der Waals surface area contributed by atoms with E-state index in [1.165, 1.54) is 0 Å². The molecule has 17 heavy (non-hydrogen) atoms. The normalized spacial score (nSPS) is 7.12. The van der Waals surface area contributed by atoms with Gasteiger partial charge in [0.2, 0.25) is 0 Å². The van der Waals surface area contributed by atoms with Crippen molar-refractivity contribution in [3.05, 3.63) is 55.1 Å². The maximum atomic E-state index is 9.89. The Hall–Kier alpha value is -1.77. The zero-order valence-corrected chi connectivity index (χ0v) is 9.08. The number of pyridine rings is 1. The van der Waals surface area contributed by atoms with E-state index in [-0.39, 0.29) is 0 Å². The molecule has 6 N–H and O–H groups in total. The Morgan fingerprint density at radius 2 is 1.35 bits per heavy atom. The minimum Gasteiger partial charge on any atom is -0.395 e. The summed E-state index contributed by atoms with van der Waals surface area (Å²) in [4.78, 5) is 6.65. The smallest absolute Gasteiger partial charge is 0.395 e. The van der Waals surface area contributed by atoms with Gasteiger partial charge in [-0.1, -0.05) is 6.07 Å². The Balaban J connectivity index is 0. The highest BCUT2D eigenvalue weighted by Gasteiger charge is 2.01. The van der Waals surface area contributed by atoms with E-state index in [4.69, 9.17) is 5.02 Å². The molecular weight excluding hydrogens is 229 g/mol. The van der Waals surface area contributed by atoms with Crippen molar-refractivity contribution in [1.29, 1.82) is 0 Å². The number of hydrogen-bond acceptors (Lipinski definition) is 4. The average molecular weight is 244 g/mol. The molecule has 0 aliphatic rings. The number of aromatic amines is 1. The van der Waals surface area contributed by atoms with Gasteiger partial charge < -0.3 is 10.0 Å². The highest BCUT2D eigenvalue weighted by Crippen LogP contribution is 1.73. The number of rotatable bonds is 0. The first kappa shape index (κ1) is 17.6. The van der Waals surface area contributed by atoms with Crippen LogP contribution in [0.4, 0.5) is 8.63 Å². The molecule has 0 saturated carbocycles. The van der Waals surface area contributed by atoms with Crippen LogP contribution >= 0.6 is 0 Å². The van der Waals surface area contributed by atoms with Gasteiger partial charge in [0.05, 0.1) is 0 Å². The Bertz CT molecular complexity index is 250. The van der Waals surface area contributed by atoms with E-state index in [0.29, 0.717) is 0 Å². The van der Waals surface area contributed by atoms with Gasteiger partial charge >= 0.3 is 7.47 Å². The zero-order chi connectivity index (χ0) is 13.4. The van der Waals surface area contributed by atoms with Gasteiger partial charge in [-0.3, -0.25) is 25.3 Å². The molecule has 0 saturated heterocycles. The van der Waals surface area contributed by atoms with Crippen LogP contribution in [0.2, 0.25) is 0 Å². The molecule has 0 atom stereocenters. The first-order chi connectivity index (χ1) is 8.23. The number of hydrazine groups is 1. The largest absolute Gasteiger partial charge is 0.718 e. The Labute approximate surface area is 98.7 Å². The van der Waals surface area contributed by atoms with Crippen molar-refractivity contribution in [2.24, 2.45) is 11.7 Å². The summed E-state index contributed by atoms with van der Waals surface area (Å²) >= 11 is 0. The molecule has 0 aromatic carbocycles. The predicted octanol–water partition coefficient (Wildman–Crippen LogP) is 0.818. The van der Waals surface area contributed by atoms with Crippen LogP contribution in [-0.2, 0) is 0 Å². The van der Waals surface area contributed by atoms with E-state index in [1.54, 1.807) is 12.4 Å². The quantitative estimate of drug-likeness (QED) is 0.313. The number of aromatic nitrogens is 2. The van der Waals surface area contributed by atoms with Crippen molar-refractivity contribution in [3.63, 3.8) is 0 Å². The third kappa shape index (κ3) is 25.0. The van der Waals surface area contributed by atoms with Crippen molar-refractivity contribution in [2.75, 3.05) is 0 Å². The number of nitrogens with two attached hydrogens (primary N) is 2. The van der Waals surface area contributed by atoms with E-state index in [0.717, 1.165) is 0 Å². The van der Waals surface area contributed by atoms with Gasteiger partial charge in [0, 0.05) is 24.8 Å². The Morgan fingerprint density at radius 1 is 0.941 bits per heavy atom. The van der Waals surface area contributed by atoms with E-state index in [9.17, 15) is 8.63 Å². The van der Waals surface area contributed by atoms with Crippen molar-refractivity contribution in [2.45, 2.75) is 0 Å². The second-order valence-corrected chi connectivity index (χ2v) is 2.19. The third-order valence-electron chi connectivity index (χ3n) is 1.06. The first-order valence-corrected chi connectivity index (χ1v) is 4.46. The first-order valence-electron chi connectivity index (χ1n) is 4.46. The summed E-state index contributed by atoms with van der Waals surface area (Å²) in [6.45, 7) is 0. The second-order valence-electron chi connectivity index (χ2n) is 2.19. The summed E-state index contributed by atoms with van der Waals surface area (Å²) < 4.78 is 19.8. The van der Waals surface area contributed by atoms with Crippen molar-refractivity contribution in [1.82, 2.24) is 9.97 Å². The van der Waals surface area contributed by atoms with Crippen LogP contribution in [0.3, 0.4) is 0 Å². The number of halogens is 2. The maximum Gasteiger partial charge on any atom is 0.718 e. The van der Waals surface area contributed by atoms with Crippen LogP contribution in [0, 0.1) is 0 Å². The summed E-state index contributed by atoms with van der Waals surface area (Å²) in [6, 6.07) is 9.60. The van der Waals surface area contributed by atoms with E-state index >= 15 is 0 Å². The van der Waals surface area contributed by atoms with Gasteiger partial charge in [-0.05, 0) is 24.3 Å². The fraction of sp³-hybridized carbons (Fsp3) is 0. The molecule has 0 bridgehead atoms. The van der Waals surface area contributed by atoms with Crippen LogP contribution in [0.1, 0.15) is 0 Å². The molecule has 2 aromatic heterocycles. The number of nitrogens with one attached hydrogen (secondary N) is 1. The van der Waals surface area contributed by atoms with Gasteiger partial charge in [0.25, 0.3) is 0 Å². The Kier molecular flexibility index (Phi) is 17.3. The molecule has 2 rings (SSSR count). The van der Waals surface area contributed by atoms with Crippen LogP contribution in [0.5, 0.6) is 0 Å². The van der Waals surface area contributed by atoms with Crippen LogP contribution < -0.4 is 11.7 Å². The van der Waals surface area contributed by atoms with Gasteiger partial charge in [0.1, 0.15) is 0 Å². The third-order valence-corrected chi connectivity index (χ3v) is 1.06. The summed E-state index contributed by atoms with van der Waals surface area (Å²) in [5, 5.41) is 6.72. The summed E-state index contributed by atoms with van der Waals surface area (Å²) in [5.74, 6) is 8.00. The van der Waals surface area contributed by atoms with E-state index < -0.39 is 7.47 Å². The molecule has 8 heteroatoms. The molecule has 0 radical (unpaired) electrons. The fourth-order valence-corrected chi connectivity index (χ4v) is 0.590. The maximum absolute atomic E-state index is 9.89. The van der Waals surface area contributed by atoms with Crippen molar-refractivity contribution in [3.8, 4) is 0 Å². The minimum absolute atomic E-state index is 1.75. The van der Waals surface area contributed by atoms with E-state index in [2.05, 4.69) is 21.7 Å². The van der Waals surface area contributed by atoms with Crippen molar-refractivity contribution >= 4 is 7.47 Å². The summed E-state index contributed by atoms with van der Waals surface area (Å²) in [7, 11) is -3.17. The highest BCUT2D eigenvalue weighted by molar-refractivity contribution is 6.32. The van der Waals surface area contributed by atoms with E-state index in [1.807, 2.05) is 42.7 Å². The molecule has 0 spiro atoms. The molecule has 0 fully saturated rings. The molecule has 2 heterocycles. The molecule has 0 unspecified atom stereocenters. The molecule has 0 aliphatic heterocycles. The predicted molar refractivity (Wildman–Crippen MR) is 63.6 cm³/mol. The lowest BCUT2D eigenvalue weighted by Crippen LogP contribution is -2.02. The second kappa shape index (κ2) is 16.7. The van der Waals surface area contributed by atoms with Crippen LogP contribution in [0.15, 0.2) is 55.1 Å². The Morgan fingerprint density at radius 3 is 1.47 bits per heavy atom. The number of hydrogen-bond donors (Lipinski definition) is 4. The number of H-pyrrole nitrogens is 1. The highest BCUT2D eigenvalue weighted by atomic mass is 19.2. The van der Waals surface area contributed by atoms with Gasteiger partial charge in [-0.25, -0.2) is 0 Å². The lowest BCUT2D eigenvalue weighted by atomic mass is 10.4. The lowest BCUT2D eigenvalue weighted by Gasteiger charge is -1.70. The molecule has 0 aliphatic carbocycles. The topological polar surface area (TPSA) is 101 Å². The van der Waals surface area contributed by atoms with Gasteiger partial charge in [-0.15, -0.1) is 0 Å². The van der Waals surface area contributed by atoms with Crippen molar-refractivity contribution < 1.29 is 13.7 Å². The minimum atomic E-state index is -3.17.